The Balaban J connectivity index is 1.71. The number of aromatic nitrogens is 1. The van der Waals surface area contributed by atoms with Crippen molar-refractivity contribution in [2.75, 3.05) is 22.1 Å². The van der Waals surface area contributed by atoms with Gasteiger partial charge in [0.05, 0.1) is 11.5 Å². The molecule has 0 radical (unpaired) electrons. The van der Waals surface area contributed by atoms with Crippen molar-refractivity contribution in [2.45, 2.75) is 25.8 Å². The number of hydrogen-bond acceptors (Lipinski definition) is 5. The van der Waals surface area contributed by atoms with Crippen LogP contribution in [0.25, 0.3) is 0 Å². The maximum atomic E-state index is 12.5. The van der Waals surface area contributed by atoms with E-state index in [1.165, 1.54) is 0 Å². The molecule has 132 valence electrons. The van der Waals surface area contributed by atoms with E-state index in [9.17, 15) is 13.2 Å². The lowest BCUT2D eigenvalue weighted by molar-refractivity contribution is 0.102. The van der Waals surface area contributed by atoms with Crippen LogP contribution in [-0.2, 0) is 16.3 Å². The van der Waals surface area contributed by atoms with Crippen LogP contribution in [0.4, 0.5) is 11.4 Å². The zero-order valence-corrected chi connectivity index (χ0v) is 14.8. The Labute approximate surface area is 147 Å². The predicted molar refractivity (Wildman–Crippen MR) is 98.7 cm³/mol. The van der Waals surface area contributed by atoms with Crippen LogP contribution in [0.15, 0.2) is 42.6 Å². The van der Waals surface area contributed by atoms with Crippen LogP contribution >= 0.6 is 0 Å². The van der Waals surface area contributed by atoms with Crippen LogP contribution in [0.3, 0.4) is 0 Å². The molecule has 1 fully saturated rings. The number of carbonyl (C=O) groups excluding carboxylic acids is 1. The van der Waals surface area contributed by atoms with Crippen LogP contribution in [0.2, 0.25) is 0 Å². The maximum absolute atomic E-state index is 12.5. The first-order chi connectivity index (χ1) is 12.0. The molecule has 25 heavy (non-hydrogen) atoms. The van der Waals surface area contributed by atoms with Gasteiger partial charge in [-0.25, -0.2) is 8.42 Å². The van der Waals surface area contributed by atoms with Crippen LogP contribution in [0.1, 0.15) is 29.4 Å². The highest BCUT2D eigenvalue weighted by Gasteiger charge is 2.27. The number of aryl methyl sites for hydroxylation is 1. The van der Waals surface area contributed by atoms with Gasteiger partial charge in [-0.1, -0.05) is 25.1 Å². The number of amides is 1. The van der Waals surface area contributed by atoms with E-state index in [1.807, 2.05) is 31.2 Å². The minimum absolute atomic E-state index is 0.121. The molecule has 3 rings (SSSR count). The van der Waals surface area contributed by atoms with Gasteiger partial charge >= 0.3 is 0 Å². The van der Waals surface area contributed by atoms with Crippen LogP contribution in [0, 0.1) is 0 Å². The molecule has 1 saturated heterocycles. The van der Waals surface area contributed by atoms with Crippen molar-refractivity contribution in [3.05, 3.63) is 53.9 Å². The number of pyridine rings is 1. The first kappa shape index (κ1) is 17.4. The number of hydrogen-bond donors (Lipinski definition) is 2. The molecule has 0 bridgehead atoms. The number of benzene rings is 1. The van der Waals surface area contributed by atoms with Gasteiger partial charge in [-0.05, 0) is 36.6 Å². The van der Waals surface area contributed by atoms with Gasteiger partial charge in [-0.2, -0.15) is 0 Å². The summed E-state index contributed by atoms with van der Waals surface area (Å²) in [6.45, 7) is 2.03. The summed E-state index contributed by atoms with van der Waals surface area (Å²) in [6, 6.07) is 10.9. The fourth-order valence-corrected chi connectivity index (χ4v) is 4.60. The fraction of sp³-hybridized carbons (Fsp3) is 0.333. The first-order valence-electron chi connectivity index (χ1n) is 8.29. The van der Waals surface area contributed by atoms with Crippen molar-refractivity contribution < 1.29 is 13.2 Å². The largest absolute Gasteiger partial charge is 0.381 e. The van der Waals surface area contributed by atoms with Crippen LogP contribution < -0.4 is 10.6 Å². The highest BCUT2D eigenvalue weighted by Crippen LogP contribution is 2.19. The maximum Gasteiger partial charge on any atom is 0.274 e. The van der Waals surface area contributed by atoms with Crippen LogP contribution in [0.5, 0.6) is 0 Å². The molecule has 7 heteroatoms. The number of nitrogens with zero attached hydrogens (tertiary/aromatic N) is 1. The Kier molecular flexibility index (Phi) is 5.03. The van der Waals surface area contributed by atoms with Gasteiger partial charge in [0.25, 0.3) is 5.91 Å². The number of rotatable bonds is 5. The third-order valence-electron chi connectivity index (χ3n) is 4.24. The lowest BCUT2D eigenvalue weighted by Gasteiger charge is -2.13. The van der Waals surface area contributed by atoms with Crippen molar-refractivity contribution >= 4 is 27.1 Å². The molecule has 1 aromatic carbocycles. The monoisotopic (exact) mass is 359 g/mol. The van der Waals surface area contributed by atoms with Crippen molar-refractivity contribution in [3.8, 4) is 0 Å². The Bertz CT molecular complexity index is 881. The second-order valence-electron chi connectivity index (χ2n) is 6.14. The molecule has 2 N–H and O–H groups in total. The predicted octanol–water partition coefficient (Wildman–Crippen LogP) is 2.50. The molecule has 2 aromatic rings. The number of anilines is 2. The summed E-state index contributed by atoms with van der Waals surface area (Å²) in [5.41, 5.74) is 2.82. The standard InChI is InChI=1S/C18H21N3O3S/c1-2-13-5-3-4-6-16(13)21-18(22)17-11-14(7-9-19-17)20-15-8-10-25(23,24)12-15/h3-7,9,11,15H,2,8,10,12H2,1H3,(H,19,20)(H,21,22). The number of sulfone groups is 1. The topological polar surface area (TPSA) is 88.2 Å². The molecule has 1 unspecified atom stereocenters. The third kappa shape index (κ3) is 4.36. The molecule has 0 saturated carbocycles. The van der Waals surface area contributed by atoms with Gasteiger partial charge in [0.2, 0.25) is 0 Å². The van der Waals surface area contributed by atoms with E-state index in [0.717, 1.165) is 17.7 Å². The highest BCUT2D eigenvalue weighted by atomic mass is 32.2. The normalized spacial score (nSPS) is 18.7. The minimum atomic E-state index is -2.95. The summed E-state index contributed by atoms with van der Waals surface area (Å²) in [5.74, 6) is 0.0426. The Morgan fingerprint density at radius 2 is 2.08 bits per heavy atom. The van der Waals surface area contributed by atoms with E-state index in [4.69, 9.17) is 0 Å². The van der Waals surface area contributed by atoms with E-state index in [1.54, 1.807) is 18.3 Å². The zero-order chi connectivity index (χ0) is 17.9. The molecule has 0 spiro atoms. The molecular formula is C18H21N3O3S. The van der Waals surface area contributed by atoms with Crippen molar-refractivity contribution in [3.63, 3.8) is 0 Å². The Hall–Kier alpha value is -2.41. The molecular weight excluding hydrogens is 338 g/mol. The van der Waals surface area contributed by atoms with E-state index >= 15 is 0 Å². The second kappa shape index (κ2) is 7.23. The zero-order valence-electron chi connectivity index (χ0n) is 14.0. The molecule has 1 amide bonds. The van der Waals surface area contributed by atoms with Gasteiger partial charge in [0, 0.05) is 23.6 Å². The molecule has 1 aliphatic heterocycles. The van der Waals surface area contributed by atoms with E-state index in [-0.39, 0.29) is 29.1 Å². The van der Waals surface area contributed by atoms with Gasteiger partial charge in [0.1, 0.15) is 5.69 Å². The van der Waals surface area contributed by atoms with Crippen LogP contribution in [-0.4, -0.2) is 36.9 Å². The summed E-state index contributed by atoms with van der Waals surface area (Å²) in [6.07, 6.45) is 2.95. The average Bonchev–Trinajstić information content (AvgIpc) is 2.94. The molecule has 0 aliphatic carbocycles. The molecule has 1 aromatic heterocycles. The summed E-state index contributed by atoms with van der Waals surface area (Å²) in [5, 5.41) is 6.07. The van der Waals surface area contributed by atoms with E-state index < -0.39 is 9.84 Å². The SMILES string of the molecule is CCc1ccccc1NC(=O)c1cc(NC2CCS(=O)(=O)C2)ccn1. The van der Waals surface area contributed by atoms with E-state index in [0.29, 0.717) is 12.1 Å². The summed E-state index contributed by atoms with van der Waals surface area (Å²) in [7, 11) is -2.95. The van der Waals surface area contributed by atoms with Crippen molar-refractivity contribution in [1.29, 1.82) is 0 Å². The molecule has 6 nitrogen and oxygen atoms in total. The molecule has 1 atom stereocenters. The van der Waals surface area contributed by atoms with Crippen molar-refractivity contribution in [1.82, 2.24) is 4.98 Å². The molecule has 1 aliphatic rings. The Morgan fingerprint density at radius 3 is 2.80 bits per heavy atom. The Morgan fingerprint density at radius 1 is 1.28 bits per heavy atom. The second-order valence-corrected chi connectivity index (χ2v) is 8.37. The van der Waals surface area contributed by atoms with Gasteiger partial charge in [-0.15, -0.1) is 0 Å². The minimum Gasteiger partial charge on any atom is -0.381 e. The summed E-state index contributed by atoms with van der Waals surface area (Å²) < 4.78 is 23.1. The summed E-state index contributed by atoms with van der Waals surface area (Å²) in [4.78, 5) is 16.6. The summed E-state index contributed by atoms with van der Waals surface area (Å²) >= 11 is 0. The smallest absolute Gasteiger partial charge is 0.274 e. The number of carbonyl (C=O) groups is 1. The highest BCUT2D eigenvalue weighted by molar-refractivity contribution is 7.91. The lowest BCUT2D eigenvalue weighted by Crippen LogP contribution is -2.21. The van der Waals surface area contributed by atoms with Gasteiger partial charge in [-0.3, -0.25) is 9.78 Å². The fourth-order valence-electron chi connectivity index (χ4n) is 2.93. The lowest BCUT2D eigenvalue weighted by atomic mass is 10.1. The third-order valence-corrected chi connectivity index (χ3v) is 6.01. The van der Waals surface area contributed by atoms with E-state index in [2.05, 4.69) is 15.6 Å². The number of nitrogens with one attached hydrogen (secondary N) is 2. The molecule has 2 heterocycles. The van der Waals surface area contributed by atoms with Gasteiger partial charge in [0.15, 0.2) is 9.84 Å². The average molecular weight is 359 g/mol. The quantitative estimate of drug-likeness (QED) is 0.856. The van der Waals surface area contributed by atoms with Crippen molar-refractivity contribution in [2.24, 2.45) is 0 Å². The van der Waals surface area contributed by atoms with Gasteiger partial charge < -0.3 is 10.6 Å². The number of para-hydroxylation sites is 1. The first-order valence-corrected chi connectivity index (χ1v) is 10.1.